The van der Waals surface area contributed by atoms with Gasteiger partial charge in [-0.2, -0.15) is 0 Å². The molecule has 0 aliphatic carbocycles. The molecule has 1 nitrogen and oxygen atoms in total. The third-order valence-corrected chi connectivity index (χ3v) is 13.4. The molecule has 0 aromatic heterocycles. The van der Waals surface area contributed by atoms with Crippen LogP contribution in [0.2, 0.25) is 0 Å². The zero-order valence-electron chi connectivity index (χ0n) is 43.0. The minimum atomic E-state index is 0. The predicted octanol–water partition coefficient (Wildman–Crippen LogP) is 19.7. The van der Waals surface area contributed by atoms with Crippen molar-refractivity contribution in [1.29, 1.82) is 0 Å². The molecule has 1 aromatic carbocycles. The molecule has 1 rings (SSSR count). The Morgan fingerprint density at radius 3 is 0.552 bits per heavy atom. The first kappa shape index (κ1) is 58.3. The first-order valence-corrected chi connectivity index (χ1v) is 27.0. The SMILES string of the molecule is CCCCCCCCCCc1c(O)c(CCCCCCCCCC)c(CCCCCCCCCC)c(CCCCCCCCCC)c1CCCCCCCCCC.[Ca+2].[H-].[H-]. The zero-order chi connectivity index (χ0) is 41.3. The maximum absolute atomic E-state index is 12.5. The van der Waals surface area contributed by atoms with E-state index in [2.05, 4.69) is 34.6 Å². The average molecular weight is 838 g/mol. The van der Waals surface area contributed by atoms with Crippen molar-refractivity contribution in [2.24, 2.45) is 0 Å². The van der Waals surface area contributed by atoms with E-state index in [0.29, 0.717) is 0 Å². The van der Waals surface area contributed by atoms with E-state index in [1.165, 1.54) is 287 Å². The predicted molar refractivity (Wildman–Crippen MR) is 268 cm³/mol. The number of rotatable bonds is 45. The molecule has 0 radical (unpaired) electrons. The van der Waals surface area contributed by atoms with Crippen molar-refractivity contribution in [3.8, 4) is 5.75 Å². The molecule has 0 bridgehead atoms. The minimum Gasteiger partial charge on any atom is -1.00 e. The van der Waals surface area contributed by atoms with E-state index in [9.17, 15) is 5.11 Å². The van der Waals surface area contributed by atoms with E-state index in [1.54, 1.807) is 16.7 Å². The number of hydrogen-bond donors (Lipinski definition) is 1. The van der Waals surface area contributed by atoms with Gasteiger partial charge in [0.2, 0.25) is 0 Å². The van der Waals surface area contributed by atoms with E-state index in [1.807, 2.05) is 0 Å². The summed E-state index contributed by atoms with van der Waals surface area (Å²) in [6, 6.07) is 0. The van der Waals surface area contributed by atoms with Crippen LogP contribution in [0.3, 0.4) is 0 Å². The standard InChI is InChI=1S/C56H106O.Ca.2H/c1-6-11-16-21-26-31-36-41-46-51-52(47-42-37-32-27-22-17-12-7-2)54(49-44-39-34-29-24-19-14-9-4)56(57)55(50-45-40-35-30-25-20-15-10-5)53(51)48-43-38-33-28-23-18-13-8-3;;;/h57H,6-50H2,1-5H3;;;/q;+2;2*-1. The molecule has 0 aliphatic heterocycles. The van der Waals surface area contributed by atoms with Crippen LogP contribution in [-0.4, -0.2) is 42.8 Å². The van der Waals surface area contributed by atoms with Crippen molar-refractivity contribution in [1.82, 2.24) is 0 Å². The van der Waals surface area contributed by atoms with Crippen LogP contribution in [-0.2, 0) is 32.1 Å². The molecule has 2 heteroatoms. The molecule has 0 unspecified atom stereocenters. The van der Waals surface area contributed by atoms with Crippen LogP contribution in [0.5, 0.6) is 5.75 Å². The van der Waals surface area contributed by atoms with Gasteiger partial charge in [0.1, 0.15) is 5.75 Å². The van der Waals surface area contributed by atoms with Gasteiger partial charge in [-0.15, -0.1) is 0 Å². The molecule has 1 aromatic rings. The van der Waals surface area contributed by atoms with Crippen LogP contribution in [0, 0.1) is 0 Å². The maximum atomic E-state index is 12.5. The van der Waals surface area contributed by atoms with Crippen LogP contribution in [0.1, 0.15) is 322 Å². The van der Waals surface area contributed by atoms with Gasteiger partial charge in [-0.25, -0.2) is 0 Å². The molecular weight excluding hydrogens is 729 g/mol. The van der Waals surface area contributed by atoms with Crippen molar-refractivity contribution in [3.63, 3.8) is 0 Å². The van der Waals surface area contributed by atoms with Crippen molar-refractivity contribution in [2.75, 3.05) is 0 Å². The molecule has 0 saturated heterocycles. The summed E-state index contributed by atoms with van der Waals surface area (Å²) < 4.78 is 0. The van der Waals surface area contributed by atoms with Gasteiger partial charge in [0.15, 0.2) is 0 Å². The quantitative estimate of drug-likeness (QED) is 0.0513. The van der Waals surface area contributed by atoms with Crippen LogP contribution >= 0.6 is 0 Å². The maximum Gasteiger partial charge on any atom is 2.00 e. The third-order valence-electron chi connectivity index (χ3n) is 13.4. The van der Waals surface area contributed by atoms with Crippen LogP contribution in [0.15, 0.2) is 0 Å². The fourth-order valence-corrected chi connectivity index (χ4v) is 9.64. The molecule has 58 heavy (non-hydrogen) atoms. The van der Waals surface area contributed by atoms with Gasteiger partial charge in [-0.3, -0.25) is 0 Å². The number of benzene rings is 1. The number of unbranched alkanes of at least 4 members (excludes halogenated alkanes) is 35. The number of phenolic OH excluding ortho intramolecular Hbond substituents is 1. The van der Waals surface area contributed by atoms with Crippen molar-refractivity contribution < 1.29 is 7.96 Å². The van der Waals surface area contributed by atoms with E-state index in [0.717, 1.165) is 18.6 Å². The molecule has 0 fully saturated rings. The second kappa shape index (κ2) is 45.3. The van der Waals surface area contributed by atoms with Crippen molar-refractivity contribution in [3.05, 3.63) is 27.8 Å². The fraction of sp³-hybridized carbons (Fsp3) is 0.893. The average Bonchev–Trinajstić information content (AvgIpc) is 3.22. The Bertz CT molecular complexity index is 931. The van der Waals surface area contributed by atoms with Gasteiger partial charge >= 0.3 is 37.7 Å². The van der Waals surface area contributed by atoms with Crippen LogP contribution < -0.4 is 0 Å². The Labute approximate surface area is 400 Å². The summed E-state index contributed by atoms with van der Waals surface area (Å²) in [6.07, 6.45) is 60.7. The summed E-state index contributed by atoms with van der Waals surface area (Å²) >= 11 is 0. The van der Waals surface area contributed by atoms with Gasteiger partial charge in [-0.1, -0.05) is 259 Å². The van der Waals surface area contributed by atoms with Gasteiger partial charge in [0, 0.05) is 0 Å². The van der Waals surface area contributed by atoms with Crippen molar-refractivity contribution >= 4 is 37.7 Å². The van der Waals surface area contributed by atoms with E-state index in [4.69, 9.17) is 0 Å². The summed E-state index contributed by atoms with van der Waals surface area (Å²) in [5.74, 6) is 0.768. The minimum absolute atomic E-state index is 0. The summed E-state index contributed by atoms with van der Waals surface area (Å²) in [5, 5.41) is 12.5. The molecule has 0 atom stereocenters. The Kier molecular flexibility index (Phi) is 45.5. The van der Waals surface area contributed by atoms with E-state index < -0.39 is 0 Å². The molecule has 0 amide bonds. The Morgan fingerprint density at radius 2 is 0.362 bits per heavy atom. The largest absolute Gasteiger partial charge is 2.00 e. The summed E-state index contributed by atoms with van der Waals surface area (Å²) in [4.78, 5) is 0. The summed E-state index contributed by atoms with van der Waals surface area (Å²) in [7, 11) is 0. The number of aromatic hydroxyl groups is 1. The first-order chi connectivity index (χ1) is 28.2. The van der Waals surface area contributed by atoms with Gasteiger partial charge in [-0.05, 0) is 92.0 Å². The molecule has 0 aliphatic rings. The summed E-state index contributed by atoms with van der Waals surface area (Å²) in [5.41, 5.74) is 7.84. The van der Waals surface area contributed by atoms with Crippen LogP contribution in [0.4, 0.5) is 0 Å². The molecule has 0 spiro atoms. The monoisotopic (exact) mass is 837 g/mol. The topological polar surface area (TPSA) is 20.2 Å². The molecule has 1 N–H and O–H groups in total. The Morgan fingerprint density at radius 1 is 0.224 bits per heavy atom. The molecular formula is C56H108CaO. The third kappa shape index (κ3) is 31.2. The number of hydrogen-bond acceptors (Lipinski definition) is 1. The normalized spacial score (nSPS) is 11.5. The van der Waals surface area contributed by atoms with E-state index >= 15 is 0 Å². The second-order valence-corrected chi connectivity index (χ2v) is 18.9. The molecule has 0 heterocycles. The first-order valence-electron chi connectivity index (χ1n) is 27.0. The fourth-order valence-electron chi connectivity index (χ4n) is 9.64. The Balaban J connectivity index is -0.0000108. The van der Waals surface area contributed by atoms with Gasteiger partial charge in [0.05, 0.1) is 0 Å². The van der Waals surface area contributed by atoms with Gasteiger partial charge in [0.25, 0.3) is 0 Å². The summed E-state index contributed by atoms with van der Waals surface area (Å²) in [6.45, 7) is 11.6. The smallest absolute Gasteiger partial charge is 1.00 e. The van der Waals surface area contributed by atoms with E-state index in [-0.39, 0.29) is 40.6 Å². The second-order valence-electron chi connectivity index (χ2n) is 18.9. The zero-order valence-corrected chi connectivity index (χ0v) is 43.2. The number of phenols is 1. The Hall–Kier alpha value is 0.280. The van der Waals surface area contributed by atoms with Crippen LogP contribution in [0.25, 0.3) is 0 Å². The van der Waals surface area contributed by atoms with Crippen molar-refractivity contribution in [2.45, 2.75) is 324 Å². The van der Waals surface area contributed by atoms with Gasteiger partial charge < -0.3 is 7.96 Å². The molecule has 340 valence electrons. The molecule has 0 saturated carbocycles.